The maximum atomic E-state index is 12.5. The van der Waals surface area contributed by atoms with E-state index in [9.17, 15) is 13.2 Å². The Morgan fingerprint density at radius 3 is 2.43 bits per heavy atom. The van der Waals surface area contributed by atoms with Gasteiger partial charge in [0.05, 0.1) is 17.8 Å². The summed E-state index contributed by atoms with van der Waals surface area (Å²) in [6, 6.07) is 4.11. The zero-order valence-electron chi connectivity index (χ0n) is 18.7. The van der Waals surface area contributed by atoms with E-state index in [1.165, 1.54) is 25.2 Å². The molecule has 0 aliphatic carbocycles. The van der Waals surface area contributed by atoms with E-state index in [0.29, 0.717) is 23.2 Å². The Labute approximate surface area is 176 Å². The van der Waals surface area contributed by atoms with Crippen molar-refractivity contribution in [3.63, 3.8) is 0 Å². The number of rotatable bonds is 7. The van der Waals surface area contributed by atoms with Crippen LogP contribution in [0.4, 0.5) is 13.2 Å². The summed E-state index contributed by atoms with van der Waals surface area (Å²) in [7, 11) is 5.08. The summed E-state index contributed by atoms with van der Waals surface area (Å²) in [5.41, 5.74) is 7.47. The third kappa shape index (κ3) is 8.46. The summed E-state index contributed by atoms with van der Waals surface area (Å²) in [6.07, 6.45) is -0.940. The molecule has 2 rings (SSSR count). The summed E-state index contributed by atoms with van der Waals surface area (Å²) in [6.45, 7) is 9.12. The number of nitrogens with one attached hydrogen (secondary N) is 1. The molecule has 0 aliphatic heterocycles. The lowest BCUT2D eigenvalue weighted by atomic mass is 10.1. The number of alkyl halides is 3. The first-order valence-corrected chi connectivity index (χ1v) is 9.62. The Balaban J connectivity index is 0.00000198. The molecule has 0 unspecified atom stereocenters. The van der Waals surface area contributed by atoms with E-state index in [0.717, 1.165) is 17.8 Å². The van der Waals surface area contributed by atoms with Gasteiger partial charge in [0.1, 0.15) is 5.75 Å². The second-order valence-electron chi connectivity index (χ2n) is 5.77. The zero-order chi connectivity index (χ0) is 23.3. The molecule has 0 atom stereocenters. The van der Waals surface area contributed by atoms with E-state index in [-0.39, 0.29) is 5.75 Å². The molecule has 1 aromatic carbocycles. The van der Waals surface area contributed by atoms with Crippen LogP contribution >= 0.6 is 0 Å². The zero-order valence-corrected chi connectivity index (χ0v) is 18.7. The molecule has 30 heavy (non-hydrogen) atoms. The molecule has 170 valence electrons. The number of likely N-dealkylation sites (N-methyl/N-ethyl adjacent to an activating group) is 1. The van der Waals surface area contributed by atoms with Gasteiger partial charge in [-0.25, -0.2) is 0 Å². The van der Waals surface area contributed by atoms with E-state index in [2.05, 4.69) is 20.7 Å². The molecule has 3 N–H and O–H groups in total. The van der Waals surface area contributed by atoms with Gasteiger partial charge < -0.3 is 20.1 Å². The fourth-order valence-electron chi connectivity index (χ4n) is 2.44. The van der Waals surface area contributed by atoms with Gasteiger partial charge in [-0.15, -0.1) is 13.2 Å². The SMILES string of the molecule is C/C=C(\C=C(/C)N(C)CCOC)c1n[nH]c2ccc(OC(F)(F)F)cc12.CC.CN. The summed E-state index contributed by atoms with van der Waals surface area (Å²) in [4.78, 5) is 2.03. The standard InChI is InChI=1S/C18H22F3N3O2.C2H6.CH5N/c1-5-13(10-12(2)24(3)8-9-25-4)17-15-11-14(26-18(19,20)21)6-7-16(15)22-23-17;2*1-2/h5-7,10-11H,8-9H2,1-4H3,(H,22,23);1-2H3;2H2,1H3/b12-10+,13-5+;;. The highest BCUT2D eigenvalue weighted by Gasteiger charge is 2.31. The van der Waals surface area contributed by atoms with Gasteiger partial charge >= 0.3 is 6.36 Å². The minimum atomic E-state index is -4.73. The number of aromatic amines is 1. The van der Waals surface area contributed by atoms with Crippen LogP contribution in [0, 0.1) is 0 Å². The summed E-state index contributed by atoms with van der Waals surface area (Å²) in [5.74, 6) is -0.277. The van der Waals surface area contributed by atoms with Crippen LogP contribution in [0.5, 0.6) is 5.75 Å². The first-order valence-electron chi connectivity index (χ1n) is 9.62. The van der Waals surface area contributed by atoms with Gasteiger partial charge in [-0.1, -0.05) is 19.9 Å². The van der Waals surface area contributed by atoms with Gasteiger partial charge in [0, 0.05) is 37.4 Å². The van der Waals surface area contributed by atoms with Crippen molar-refractivity contribution < 1.29 is 22.6 Å². The molecular weight excluding hydrogens is 397 g/mol. The highest BCUT2D eigenvalue weighted by molar-refractivity contribution is 5.93. The van der Waals surface area contributed by atoms with Crippen molar-refractivity contribution in [3.05, 3.63) is 41.7 Å². The van der Waals surface area contributed by atoms with Gasteiger partial charge in [0.15, 0.2) is 0 Å². The van der Waals surface area contributed by atoms with E-state index in [4.69, 9.17) is 4.74 Å². The second-order valence-corrected chi connectivity index (χ2v) is 5.77. The Bertz CT molecular complexity index is 814. The van der Waals surface area contributed by atoms with Crippen LogP contribution in [0.25, 0.3) is 16.5 Å². The van der Waals surface area contributed by atoms with Crippen molar-refractivity contribution in [2.24, 2.45) is 5.73 Å². The van der Waals surface area contributed by atoms with Crippen LogP contribution in [0.3, 0.4) is 0 Å². The van der Waals surface area contributed by atoms with E-state index in [1.807, 2.05) is 51.8 Å². The van der Waals surface area contributed by atoms with E-state index in [1.54, 1.807) is 7.11 Å². The number of benzene rings is 1. The molecule has 0 radical (unpaired) electrons. The average Bonchev–Trinajstić information content (AvgIpc) is 3.14. The number of H-pyrrole nitrogens is 1. The molecule has 0 saturated carbocycles. The maximum Gasteiger partial charge on any atom is 0.573 e. The number of nitrogens with two attached hydrogens (primary N) is 1. The van der Waals surface area contributed by atoms with Crippen LogP contribution in [0.1, 0.15) is 33.4 Å². The second kappa shape index (κ2) is 13.7. The minimum absolute atomic E-state index is 0.277. The topological polar surface area (TPSA) is 76.4 Å². The van der Waals surface area contributed by atoms with Crippen LogP contribution in [0.15, 0.2) is 36.0 Å². The molecule has 9 heteroatoms. The molecule has 0 bridgehead atoms. The van der Waals surface area contributed by atoms with Gasteiger partial charge in [-0.05, 0) is 45.2 Å². The van der Waals surface area contributed by atoms with E-state index >= 15 is 0 Å². The van der Waals surface area contributed by atoms with Crippen molar-refractivity contribution in [1.29, 1.82) is 0 Å². The lowest BCUT2D eigenvalue weighted by Gasteiger charge is -2.19. The lowest BCUT2D eigenvalue weighted by molar-refractivity contribution is -0.274. The van der Waals surface area contributed by atoms with Gasteiger partial charge in [0.2, 0.25) is 0 Å². The monoisotopic (exact) mass is 430 g/mol. The molecule has 6 nitrogen and oxygen atoms in total. The molecule has 0 saturated heterocycles. The lowest BCUT2D eigenvalue weighted by Crippen LogP contribution is -2.20. The molecule has 0 aliphatic rings. The number of fused-ring (bicyclic) bond motifs is 1. The third-order valence-electron chi connectivity index (χ3n) is 3.95. The van der Waals surface area contributed by atoms with Crippen LogP contribution in [0.2, 0.25) is 0 Å². The fraction of sp³-hybridized carbons (Fsp3) is 0.476. The highest BCUT2D eigenvalue weighted by atomic mass is 19.4. The first-order chi connectivity index (χ1) is 14.2. The number of hydrogen-bond acceptors (Lipinski definition) is 5. The molecule has 1 aromatic heterocycles. The number of nitrogens with zero attached hydrogens (tertiary/aromatic N) is 2. The summed E-state index contributed by atoms with van der Waals surface area (Å²) >= 11 is 0. The van der Waals surface area contributed by atoms with Crippen LogP contribution < -0.4 is 10.5 Å². The Morgan fingerprint density at radius 1 is 1.27 bits per heavy atom. The van der Waals surface area contributed by atoms with E-state index < -0.39 is 6.36 Å². The van der Waals surface area contributed by atoms with Gasteiger partial charge in [-0.3, -0.25) is 5.10 Å². The number of hydrogen-bond donors (Lipinski definition) is 2. The highest BCUT2D eigenvalue weighted by Crippen LogP contribution is 2.30. The van der Waals surface area contributed by atoms with Crippen molar-refractivity contribution in [3.8, 4) is 5.75 Å². The number of aromatic nitrogens is 2. The van der Waals surface area contributed by atoms with Crippen LogP contribution in [-0.2, 0) is 4.74 Å². The smallest absolute Gasteiger partial charge is 0.406 e. The molecule has 0 fully saturated rings. The van der Waals surface area contributed by atoms with Crippen molar-refractivity contribution >= 4 is 16.5 Å². The van der Waals surface area contributed by atoms with Crippen molar-refractivity contribution in [2.75, 3.05) is 34.4 Å². The number of halogens is 3. The largest absolute Gasteiger partial charge is 0.573 e. The molecule has 0 spiro atoms. The Kier molecular flexibility index (Phi) is 12.5. The summed E-state index contributed by atoms with van der Waals surface area (Å²) < 4.78 is 46.5. The average molecular weight is 431 g/mol. The van der Waals surface area contributed by atoms with Crippen molar-refractivity contribution in [2.45, 2.75) is 34.1 Å². The predicted molar refractivity (Wildman–Crippen MR) is 116 cm³/mol. The normalized spacial score (nSPS) is 12.0. The first kappa shape index (κ1) is 27.5. The maximum absolute atomic E-state index is 12.5. The quantitative estimate of drug-likeness (QED) is 0.608. The minimum Gasteiger partial charge on any atom is -0.406 e. The van der Waals surface area contributed by atoms with Crippen molar-refractivity contribution in [1.82, 2.24) is 15.1 Å². The molecular formula is C21H33F3N4O2. The molecule has 0 amide bonds. The third-order valence-corrected chi connectivity index (χ3v) is 3.95. The van der Waals surface area contributed by atoms with Gasteiger partial charge in [0.25, 0.3) is 0 Å². The fourth-order valence-corrected chi connectivity index (χ4v) is 2.44. The number of ether oxygens (including phenoxy) is 2. The van der Waals surface area contributed by atoms with Crippen LogP contribution in [-0.4, -0.2) is 55.8 Å². The predicted octanol–water partition coefficient (Wildman–Crippen LogP) is 4.95. The Morgan fingerprint density at radius 2 is 1.90 bits per heavy atom. The number of allylic oxidation sites excluding steroid dienone is 4. The number of methoxy groups -OCH3 is 1. The summed E-state index contributed by atoms with van der Waals surface area (Å²) in [5, 5.41) is 7.66. The van der Waals surface area contributed by atoms with Gasteiger partial charge in [-0.2, -0.15) is 5.10 Å². The molecule has 1 heterocycles. The Hall–Kier alpha value is -2.52. The molecule has 2 aromatic rings.